The van der Waals surface area contributed by atoms with Crippen molar-refractivity contribution in [3.63, 3.8) is 0 Å². The van der Waals surface area contributed by atoms with Crippen LogP contribution in [0, 0.1) is 12.3 Å². The molecule has 1 aliphatic rings. The first kappa shape index (κ1) is 9.77. The second-order valence-electron chi connectivity index (χ2n) is 2.46. The minimum Gasteiger partial charge on any atom is -0.376 e. The van der Waals surface area contributed by atoms with Crippen LogP contribution in [-0.2, 0) is 0 Å². The number of terminal acetylenes is 1. The van der Waals surface area contributed by atoms with Crippen molar-refractivity contribution in [2.45, 2.75) is 18.4 Å². The quantitative estimate of drug-likeness (QED) is 0.496. The van der Waals surface area contributed by atoms with E-state index in [0.29, 0.717) is 6.54 Å². The van der Waals surface area contributed by atoms with Gasteiger partial charge in [-0.1, -0.05) is 5.92 Å². The van der Waals surface area contributed by atoms with Gasteiger partial charge in [0.25, 0.3) is 0 Å². The predicted octanol–water partition coefficient (Wildman–Crippen LogP) is 0.156. The van der Waals surface area contributed by atoms with E-state index >= 15 is 0 Å². The second-order valence-corrected chi connectivity index (χ2v) is 2.46. The number of piperidine rings is 1. The number of aliphatic hydroxyl groups is 1. The molecule has 1 atom stereocenters. The van der Waals surface area contributed by atoms with Gasteiger partial charge in [0.05, 0.1) is 0 Å². The molecule has 1 fully saturated rings. The first-order valence-electron chi connectivity index (χ1n) is 3.18. The van der Waals surface area contributed by atoms with Crippen LogP contribution in [0.4, 0.5) is 0 Å². The minimum absolute atomic E-state index is 0. The summed E-state index contributed by atoms with van der Waals surface area (Å²) in [5, 5.41) is 12.4. The van der Waals surface area contributed by atoms with E-state index in [1.807, 2.05) is 0 Å². The van der Waals surface area contributed by atoms with E-state index in [2.05, 4.69) is 11.2 Å². The van der Waals surface area contributed by atoms with Crippen molar-refractivity contribution in [2.24, 2.45) is 0 Å². The van der Waals surface area contributed by atoms with E-state index < -0.39 is 5.60 Å². The average Bonchev–Trinajstić information content (AvgIpc) is 1.90. The first-order chi connectivity index (χ1) is 4.27. The van der Waals surface area contributed by atoms with Gasteiger partial charge in [-0.2, -0.15) is 0 Å². The van der Waals surface area contributed by atoms with Gasteiger partial charge in [-0.15, -0.1) is 18.8 Å². The van der Waals surface area contributed by atoms with Crippen molar-refractivity contribution in [3.8, 4) is 12.3 Å². The average molecular weight is 162 g/mol. The molecule has 0 radical (unpaired) electrons. The predicted molar refractivity (Wildman–Crippen MR) is 43.1 cm³/mol. The fourth-order valence-electron chi connectivity index (χ4n) is 1.01. The molecule has 0 aliphatic carbocycles. The van der Waals surface area contributed by atoms with Crippen LogP contribution in [0.5, 0.6) is 0 Å². The zero-order valence-electron chi connectivity index (χ0n) is 5.76. The Kier molecular flexibility index (Phi) is 3.73. The molecule has 10 heavy (non-hydrogen) atoms. The van der Waals surface area contributed by atoms with E-state index in [1.165, 1.54) is 0 Å². The number of rotatable bonds is 0. The molecule has 1 heterocycles. The highest BCUT2D eigenvalue weighted by atomic mass is 35.5. The molecule has 2 nitrogen and oxygen atoms in total. The maximum atomic E-state index is 9.38. The smallest absolute Gasteiger partial charge is 0.137 e. The zero-order chi connectivity index (χ0) is 6.74. The Morgan fingerprint density at radius 3 is 2.60 bits per heavy atom. The molecule has 0 aromatic carbocycles. The van der Waals surface area contributed by atoms with Crippen LogP contribution in [0.1, 0.15) is 12.8 Å². The lowest BCUT2D eigenvalue weighted by Gasteiger charge is -2.27. The topological polar surface area (TPSA) is 32.3 Å². The zero-order valence-corrected chi connectivity index (χ0v) is 6.58. The molecule has 58 valence electrons. The van der Waals surface area contributed by atoms with Crippen molar-refractivity contribution in [1.29, 1.82) is 0 Å². The largest absolute Gasteiger partial charge is 0.376 e. The van der Waals surface area contributed by atoms with E-state index in [1.54, 1.807) is 0 Å². The minimum atomic E-state index is -0.863. The summed E-state index contributed by atoms with van der Waals surface area (Å²) in [4.78, 5) is 0. The Balaban J connectivity index is 0.000000810. The SMILES string of the molecule is C#CC1(O)CCCNC1.Cl. The molecule has 0 aromatic rings. The van der Waals surface area contributed by atoms with E-state index in [0.717, 1.165) is 19.4 Å². The summed E-state index contributed by atoms with van der Waals surface area (Å²) in [6.45, 7) is 1.52. The van der Waals surface area contributed by atoms with Crippen LogP contribution in [0.3, 0.4) is 0 Å². The standard InChI is InChI=1S/C7H11NO.ClH/c1-2-7(9)4-3-5-8-6-7;/h1,8-9H,3-6H2;1H. The van der Waals surface area contributed by atoms with Gasteiger partial charge in [0.1, 0.15) is 5.60 Å². The Morgan fingerprint density at radius 1 is 1.60 bits per heavy atom. The molecule has 2 N–H and O–H groups in total. The summed E-state index contributed by atoms with van der Waals surface area (Å²) < 4.78 is 0. The summed E-state index contributed by atoms with van der Waals surface area (Å²) in [5.74, 6) is 2.37. The molecule has 0 spiro atoms. The van der Waals surface area contributed by atoms with Crippen molar-refractivity contribution in [3.05, 3.63) is 0 Å². The number of halogens is 1. The van der Waals surface area contributed by atoms with Crippen LogP contribution in [-0.4, -0.2) is 23.8 Å². The van der Waals surface area contributed by atoms with E-state index in [9.17, 15) is 5.11 Å². The maximum absolute atomic E-state index is 9.38. The summed E-state index contributed by atoms with van der Waals surface area (Å²) in [7, 11) is 0. The van der Waals surface area contributed by atoms with Crippen LogP contribution in [0.25, 0.3) is 0 Å². The Labute approximate surface area is 67.4 Å². The highest BCUT2D eigenvalue weighted by Crippen LogP contribution is 2.13. The molecule has 1 rings (SSSR count). The monoisotopic (exact) mass is 161 g/mol. The lowest BCUT2D eigenvalue weighted by Crippen LogP contribution is -2.44. The number of hydrogen-bond donors (Lipinski definition) is 2. The fourth-order valence-corrected chi connectivity index (χ4v) is 1.01. The number of hydrogen-bond acceptors (Lipinski definition) is 2. The Bertz CT molecular complexity index is 135. The van der Waals surface area contributed by atoms with Gasteiger partial charge in [0.15, 0.2) is 0 Å². The van der Waals surface area contributed by atoms with Gasteiger partial charge in [-0.05, 0) is 19.4 Å². The van der Waals surface area contributed by atoms with Gasteiger partial charge < -0.3 is 10.4 Å². The molecule has 1 saturated heterocycles. The number of β-amino-alcohol motifs (C(OH)–C–C–N with tert-alkyl or cyclic N) is 1. The first-order valence-corrected chi connectivity index (χ1v) is 3.18. The van der Waals surface area contributed by atoms with Gasteiger partial charge in [0.2, 0.25) is 0 Å². The molecule has 0 aromatic heterocycles. The van der Waals surface area contributed by atoms with Gasteiger partial charge in [-0.25, -0.2) is 0 Å². The molecule has 0 saturated carbocycles. The van der Waals surface area contributed by atoms with Crippen LogP contribution in [0.15, 0.2) is 0 Å². The highest BCUT2D eigenvalue weighted by Gasteiger charge is 2.25. The lowest BCUT2D eigenvalue weighted by molar-refractivity contribution is 0.0738. The normalized spacial score (nSPS) is 32.0. The van der Waals surface area contributed by atoms with Crippen molar-refractivity contribution in [1.82, 2.24) is 5.32 Å². The molecular formula is C7H12ClNO. The van der Waals surface area contributed by atoms with Crippen molar-refractivity contribution < 1.29 is 5.11 Å². The summed E-state index contributed by atoms with van der Waals surface area (Å²) in [6.07, 6.45) is 6.80. The van der Waals surface area contributed by atoms with E-state index in [4.69, 9.17) is 6.42 Å². The molecule has 0 amide bonds. The van der Waals surface area contributed by atoms with Crippen molar-refractivity contribution in [2.75, 3.05) is 13.1 Å². The second kappa shape index (κ2) is 3.82. The molecule has 1 unspecified atom stereocenters. The molecule has 3 heteroatoms. The highest BCUT2D eigenvalue weighted by molar-refractivity contribution is 5.85. The third-order valence-electron chi connectivity index (χ3n) is 1.63. The lowest BCUT2D eigenvalue weighted by atomic mass is 9.96. The maximum Gasteiger partial charge on any atom is 0.137 e. The van der Waals surface area contributed by atoms with Gasteiger partial charge in [-0.3, -0.25) is 0 Å². The van der Waals surface area contributed by atoms with E-state index in [-0.39, 0.29) is 12.4 Å². The molecule has 0 bridgehead atoms. The van der Waals surface area contributed by atoms with Crippen molar-refractivity contribution >= 4 is 12.4 Å². The Hall–Kier alpha value is -0.230. The summed E-state index contributed by atoms with van der Waals surface area (Å²) >= 11 is 0. The number of nitrogens with one attached hydrogen (secondary N) is 1. The van der Waals surface area contributed by atoms with Crippen LogP contribution >= 0.6 is 12.4 Å². The van der Waals surface area contributed by atoms with Crippen LogP contribution in [0.2, 0.25) is 0 Å². The van der Waals surface area contributed by atoms with Gasteiger partial charge >= 0.3 is 0 Å². The fraction of sp³-hybridized carbons (Fsp3) is 0.714. The van der Waals surface area contributed by atoms with Gasteiger partial charge in [0, 0.05) is 6.54 Å². The summed E-state index contributed by atoms with van der Waals surface area (Å²) in [5.41, 5.74) is -0.863. The molecular weight excluding hydrogens is 150 g/mol. The molecule has 1 aliphatic heterocycles. The van der Waals surface area contributed by atoms with Crippen LogP contribution < -0.4 is 5.32 Å². The third kappa shape index (κ3) is 2.18. The summed E-state index contributed by atoms with van der Waals surface area (Å²) in [6, 6.07) is 0. The third-order valence-corrected chi connectivity index (χ3v) is 1.63. The Morgan fingerprint density at radius 2 is 2.30 bits per heavy atom.